The van der Waals surface area contributed by atoms with Gasteiger partial charge in [-0.15, -0.1) is 0 Å². The molecule has 1 aromatic rings. The minimum Gasteiger partial charge on any atom is -0.378 e. The summed E-state index contributed by atoms with van der Waals surface area (Å²) in [5, 5.41) is 12.1. The van der Waals surface area contributed by atoms with E-state index in [9.17, 15) is 9.18 Å². The van der Waals surface area contributed by atoms with E-state index in [-0.39, 0.29) is 35.8 Å². The van der Waals surface area contributed by atoms with Gasteiger partial charge in [-0.05, 0) is 30.5 Å². The largest absolute Gasteiger partial charge is 0.378 e. The molecule has 2 aliphatic rings. The predicted molar refractivity (Wildman–Crippen MR) is 74.3 cm³/mol. The summed E-state index contributed by atoms with van der Waals surface area (Å²) in [4.78, 5) is 12.6. The Labute approximate surface area is 122 Å². The van der Waals surface area contributed by atoms with E-state index < -0.39 is 5.82 Å². The van der Waals surface area contributed by atoms with Gasteiger partial charge in [-0.1, -0.05) is 6.07 Å². The Morgan fingerprint density at radius 2 is 2.10 bits per heavy atom. The molecule has 2 heterocycles. The SMILES string of the molecule is N#CCc1ccc(F)c(C(=O)C2CC3COCC(C2)N3)c1. The average Bonchev–Trinajstić information content (AvgIpc) is 2.48. The number of carbonyl (C=O) groups is 1. The molecule has 0 aromatic heterocycles. The van der Waals surface area contributed by atoms with Crippen molar-refractivity contribution < 1.29 is 13.9 Å². The Morgan fingerprint density at radius 1 is 1.38 bits per heavy atom. The molecule has 0 spiro atoms. The third kappa shape index (κ3) is 2.97. The molecule has 2 fully saturated rings. The minimum absolute atomic E-state index is 0.119. The van der Waals surface area contributed by atoms with Gasteiger partial charge in [-0.2, -0.15) is 5.26 Å². The van der Waals surface area contributed by atoms with Crippen LogP contribution in [-0.4, -0.2) is 31.1 Å². The highest BCUT2D eigenvalue weighted by Gasteiger charge is 2.36. The predicted octanol–water partition coefficient (Wildman–Crippen LogP) is 1.84. The number of morpholine rings is 1. The Kier molecular flexibility index (Phi) is 4.00. The number of nitrogens with one attached hydrogen (secondary N) is 1. The van der Waals surface area contributed by atoms with Crippen LogP contribution < -0.4 is 5.32 Å². The molecule has 2 bridgehead atoms. The number of fused-ring (bicyclic) bond motifs is 2. The molecular formula is C16H17FN2O2. The highest BCUT2D eigenvalue weighted by Crippen LogP contribution is 2.28. The lowest BCUT2D eigenvalue weighted by molar-refractivity contribution is 0.00945. The third-order valence-corrected chi connectivity index (χ3v) is 4.20. The second-order valence-corrected chi connectivity index (χ2v) is 5.78. The summed E-state index contributed by atoms with van der Waals surface area (Å²) in [6, 6.07) is 6.74. The van der Waals surface area contributed by atoms with Gasteiger partial charge in [0.1, 0.15) is 5.82 Å². The third-order valence-electron chi connectivity index (χ3n) is 4.20. The number of rotatable bonds is 3. The van der Waals surface area contributed by atoms with Crippen LogP contribution >= 0.6 is 0 Å². The van der Waals surface area contributed by atoms with Crippen LogP contribution in [0.4, 0.5) is 4.39 Å². The van der Waals surface area contributed by atoms with Crippen molar-refractivity contribution in [3.63, 3.8) is 0 Å². The summed E-state index contributed by atoms with van der Waals surface area (Å²) in [5.74, 6) is -0.815. The number of piperidine rings is 1. The topological polar surface area (TPSA) is 62.1 Å². The number of nitrogens with zero attached hydrogens (tertiary/aromatic N) is 1. The van der Waals surface area contributed by atoms with Crippen molar-refractivity contribution in [3.05, 3.63) is 35.1 Å². The van der Waals surface area contributed by atoms with Crippen LogP contribution in [0.5, 0.6) is 0 Å². The van der Waals surface area contributed by atoms with Crippen LogP contribution in [0.3, 0.4) is 0 Å². The highest BCUT2D eigenvalue weighted by molar-refractivity contribution is 5.98. The van der Waals surface area contributed by atoms with Gasteiger partial charge in [-0.3, -0.25) is 4.79 Å². The fourth-order valence-electron chi connectivity index (χ4n) is 3.23. The van der Waals surface area contributed by atoms with Crippen molar-refractivity contribution in [2.24, 2.45) is 5.92 Å². The van der Waals surface area contributed by atoms with Crippen LogP contribution in [0.1, 0.15) is 28.8 Å². The molecule has 0 aliphatic carbocycles. The molecule has 4 nitrogen and oxygen atoms in total. The van der Waals surface area contributed by atoms with Crippen molar-refractivity contribution in [1.29, 1.82) is 5.26 Å². The first-order valence-corrected chi connectivity index (χ1v) is 7.20. The molecular weight excluding hydrogens is 271 g/mol. The number of ether oxygens (including phenoxy) is 1. The van der Waals surface area contributed by atoms with Crippen LogP contribution in [0, 0.1) is 23.1 Å². The fraction of sp³-hybridized carbons (Fsp3) is 0.500. The molecule has 1 aromatic carbocycles. The number of Topliss-reactive ketones (excluding diaryl/α,β-unsaturated/α-hetero) is 1. The van der Waals surface area contributed by atoms with Crippen molar-refractivity contribution in [1.82, 2.24) is 5.32 Å². The van der Waals surface area contributed by atoms with E-state index in [0.29, 0.717) is 31.6 Å². The zero-order valence-electron chi connectivity index (χ0n) is 11.6. The molecule has 5 heteroatoms. The van der Waals surface area contributed by atoms with Crippen LogP contribution in [0.2, 0.25) is 0 Å². The number of nitriles is 1. The maximum Gasteiger partial charge on any atom is 0.169 e. The lowest BCUT2D eigenvalue weighted by Crippen LogP contribution is -2.55. The smallest absolute Gasteiger partial charge is 0.169 e. The molecule has 2 unspecified atom stereocenters. The Bertz CT molecular complexity index is 584. The summed E-state index contributed by atoms with van der Waals surface area (Å²) in [7, 11) is 0. The number of carbonyl (C=O) groups excluding carboxylic acids is 1. The molecule has 2 atom stereocenters. The number of benzene rings is 1. The summed E-state index contributed by atoms with van der Waals surface area (Å²) in [5.41, 5.74) is 0.799. The normalized spacial score (nSPS) is 27.9. The quantitative estimate of drug-likeness (QED) is 0.862. The Morgan fingerprint density at radius 3 is 2.76 bits per heavy atom. The van der Waals surface area contributed by atoms with Crippen molar-refractivity contribution in [2.45, 2.75) is 31.3 Å². The summed E-state index contributed by atoms with van der Waals surface area (Å²) < 4.78 is 19.4. The first kappa shape index (κ1) is 14.2. The van der Waals surface area contributed by atoms with E-state index in [0.717, 1.165) is 0 Å². The molecule has 0 saturated carbocycles. The highest BCUT2D eigenvalue weighted by atomic mass is 19.1. The van der Waals surface area contributed by atoms with E-state index in [1.54, 1.807) is 6.07 Å². The molecule has 2 saturated heterocycles. The summed E-state index contributed by atoms with van der Waals surface area (Å²) >= 11 is 0. The zero-order valence-corrected chi connectivity index (χ0v) is 11.6. The lowest BCUT2D eigenvalue weighted by atomic mass is 9.82. The molecule has 0 amide bonds. The first-order valence-electron chi connectivity index (χ1n) is 7.20. The number of hydrogen-bond donors (Lipinski definition) is 1. The number of halogens is 1. The monoisotopic (exact) mass is 288 g/mol. The molecule has 3 rings (SSSR count). The van der Waals surface area contributed by atoms with E-state index in [1.165, 1.54) is 12.1 Å². The maximum absolute atomic E-state index is 14.0. The van der Waals surface area contributed by atoms with E-state index >= 15 is 0 Å². The van der Waals surface area contributed by atoms with Crippen LogP contribution in [0.25, 0.3) is 0 Å². The van der Waals surface area contributed by atoms with Crippen molar-refractivity contribution >= 4 is 5.78 Å². The molecule has 1 N–H and O–H groups in total. The summed E-state index contributed by atoms with van der Waals surface area (Å²) in [6.07, 6.45) is 1.54. The van der Waals surface area contributed by atoms with Gasteiger partial charge in [0.25, 0.3) is 0 Å². The van der Waals surface area contributed by atoms with Gasteiger partial charge in [0.05, 0.1) is 31.3 Å². The lowest BCUT2D eigenvalue weighted by Gasteiger charge is -2.39. The second kappa shape index (κ2) is 5.92. The Balaban J connectivity index is 1.81. The van der Waals surface area contributed by atoms with E-state index in [1.807, 2.05) is 6.07 Å². The maximum atomic E-state index is 14.0. The Hall–Kier alpha value is -1.77. The number of hydrogen-bond acceptors (Lipinski definition) is 4. The first-order chi connectivity index (χ1) is 10.2. The van der Waals surface area contributed by atoms with Gasteiger partial charge in [0, 0.05) is 18.0 Å². The van der Waals surface area contributed by atoms with Gasteiger partial charge in [0.2, 0.25) is 0 Å². The molecule has 0 radical (unpaired) electrons. The molecule has 2 aliphatic heterocycles. The van der Waals surface area contributed by atoms with Crippen molar-refractivity contribution in [2.75, 3.05) is 13.2 Å². The molecule has 110 valence electrons. The zero-order chi connectivity index (χ0) is 14.8. The summed E-state index contributed by atoms with van der Waals surface area (Å²) in [6.45, 7) is 1.22. The van der Waals surface area contributed by atoms with Gasteiger partial charge >= 0.3 is 0 Å². The fourth-order valence-corrected chi connectivity index (χ4v) is 3.23. The number of ketones is 1. The van der Waals surface area contributed by atoms with Crippen molar-refractivity contribution in [3.8, 4) is 6.07 Å². The minimum atomic E-state index is -0.498. The standard InChI is InChI=1S/C16H17FN2O2/c17-15-2-1-10(3-4-18)5-14(15)16(20)11-6-12-8-21-9-13(7-11)19-12/h1-2,5,11-13,19H,3,6-9H2. The second-order valence-electron chi connectivity index (χ2n) is 5.78. The van der Waals surface area contributed by atoms with E-state index in [2.05, 4.69) is 5.32 Å². The van der Waals surface area contributed by atoms with Crippen LogP contribution in [-0.2, 0) is 11.2 Å². The van der Waals surface area contributed by atoms with Crippen LogP contribution in [0.15, 0.2) is 18.2 Å². The van der Waals surface area contributed by atoms with Gasteiger partial charge in [-0.25, -0.2) is 4.39 Å². The van der Waals surface area contributed by atoms with Gasteiger partial charge in [0.15, 0.2) is 5.78 Å². The van der Waals surface area contributed by atoms with E-state index in [4.69, 9.17) is 10.00 Å². The molecule has 21 heavy (non-hydrogen) atoms. The van der Waals surface area contributed by atoms with Gasteiger partial charge < -0.3 is 10.1 Å². The average molecular weight is 288 g/mol.